The average molecular weight is 230 g/mol. The molecular formula is C9H12BClO4. The Morgan fingerprint density at radius 2 is 2.07 bits per heavy atom. The van der Waals surface area contributed by atoms with Gasteiger partial charge in [0.15, 0.2) is 6.79 Å². The van der Waals surface area contributed by atoms with Crippen LogP contribution in [0.15, 0.2) is 12.1 Å². The Morgan fingerprint density at radius 3 is 2.60 bits per heavy atom. The molecule has 0 heterocycles. The first kappa shape index (κ1) is 12.3. The molecule has 0 aliphatic rings. The summed E-state index contributed by atoms with van der Waals surface area (Å²) < 4.78 is 9.92. The predicted molar refractivity (Wildman–Crippen MR) is 58.5 cm³/mol. The predicted octanol–water partition coefficient (Wildman–Crippen LogP) is 0.311. The minimum atomic E-state index is -1.53. The SMILES string of the molecule is COCOc1cc(C)c(B(O)O)cc1Cl. The van der Waals surface area contributed by atoms with Gasteiger partial charge in [-0.3, -0.25) is 0 Å². The fourth-order valence-electron chi connectivity index (χ4n) is 1.18. The number of ether oxygens (including phenoxy) is 2. The third-order valence-electron chi connectivity index (χ3n) is 1.93. The van der Waals surface area contributed by atoms with Crippen LogP contribution < -0.4 is 10.2 Å². The lowest BCUT2D eigenvalue weighted by molar-refractivity contribution is 0.0512. The van der Waals surface area contributed by atoms with Crippen molar-refractivity contribution in [2.45, 2.75) is 6.92 Å². The van der Waals surface area contributed by atoms with Gasteiger partial charge in [-0.1, -0.05) is 11.6 Å². The van der Waals surface area contributed by atoms with E-state index in [1.54, 1.807) is 13.0 Å². The quantitative estimate of drug-likeness (QED) is 0.577. The third-order valence-corrected chi connectivity index (χ3v) is 2.23. The number of aryl methyl sites for hydroxylation is 1. The molecule has 15 heavy (non-hydrogen) atoms. The van der Waals surface area contributed by atoms with Crippen molar-refractivity contribution in [2.75, 3.05) is 13.9 Å². The van der Waals surface area contributed by atoms with Gasteiger partial charge >= 0.3 is 7.12 Å². The number of rotatable bonds is 4. The highest BCUT2D eigenvalue weighted by Gasteiger charge is 2.16. The molecule has 82 valence electrons. The number of benzene rings is 1. The van der Waals surface area contributed by atoms with Crippen LogP contribution in [0.1, 0.15) is 5.56 Å². The van der Waals surface area contributed by atoms with Gasteiger partial charge in [0, 0.05) is 7.11 Å². The molecule has 6 heteroatoms. The highest BCUT2D eigenvalue weighted by Crippen LogP contribution is 2.24. The van der Waals surface area contributed by atoms with Crippen LogP contribution in [-0.4, -0.2) is 31.1 Å². The second-order valence-electron chi connectivity index (χ2n) is 3.06. The lowest BCUT2D eigenvalue weighted by Gasteiger charge is -2.11. The van der Waals surface area contributed by atoms with E-state index in [4.69, 9.17) is 31.1 Å². The number of halogens is 1. The summed E-state index contributed by atoms with van der Waals surface area (Å²) in [4.78, 5) is 0. The first-order valence-corrected chi connectivity index (χ1v) is 4.72. The van der Waals surface area contributed by atoms with Crippen LogP contribution in [0.2, 0.25) is 5.02 Å². The fraction of sp³-hybridized carbons (Fsp3) is 0.333. The summed E-state index contributed by atoms with van der Waals surface area (Å²) in [6, 6.07) is 3.10. The van der Waals surface area contributed by atoms with Crippen molar-refractivity contribution in [1.82, 2.24) is 0 Å². The van der Waals surface area contributed by atoms with Crippen molar-refractivity contribution < 1.29 is 19.5 Å². The first-order valence-electron chi connectivity index (χ1n) is 4.34. The van der Waals surface area contributed by atoms with Crippen LogP contribution in [0.25, 0.3) is 0 Å². The van der Waals surface area contributed by atoms with Crippen molar-refractivity contribution in [1.29, 1.82) is 0 Å². The van der Waals surface area contributed by atoms with E-state index in [1.165, 1.54) is 13.2 Å². The van der Waals surface area contributed by atoms with Crippen LogP contribution in [0.3, 0.4) is 0 Å². The summed E-state index contributed by atoms with van der Waals surface area (Å²) >= 11 is 5.88. The molecule has 0 aromatic heterocycles. The van der Waals surface area contributed by atoms with Crippen LogP contribution in [-0.2, 0) is 4.74 Å². The van der Waals surface area contributed by atoms with Gasteiger partial charge in [0.2, 0.25) is 0 Å². The molecule has 2 N–H and O–H groups in total. The minimum absolute atomic E-state index is 0.0974. The summed E-state index contributed by atoms with van der Waals surface area (Å²) in [6.45, 7) is 1.84. The molecule has 0 bridgehead atoms. The minimum Gasteiger partial charge on any atom is -0.466 e. The van der Waals surface area contributed by atoms with Gasteiger partial charge < -0.3 is 19.5 Å². The van der Waals surface area contributed by atoms with Crippen molar-refractivity contribution in [3.8, 4) is 5.75 Å². The summed E-state index contributed by atoms with van der Waals surface area (Å²) in [5.41, 5.74) is 1.06. The zero-order valence-corrected chi connectivity index (χ0v) is 9.28. The zero-order valence-electron chi connectivity index (χ0n) is 8.53. The average Bonchev–Trinajstić information content (AvgIpc) is 2.18. The Morgan fingerprint density at radius 1 is 1.40 bits per heavy atom. The zero-order chi connectivity index (χ0) is 11.4. The second-order valence-corrected chi connectivity index (χ2v) is 3.47. The van der Waals surface area contributed by atoms with E-state index >= 15 is 0 Å². The normalized spacial score (nSPS) is 10.2. The third kappa shape index (κ3) is 3.10. The smallest absolute Gasteiger partial charge is 0.466 e. The first-order chi connectivity index (χ1) is 7.06. The molecule has 0 radical (unpaired) electrons. The molecule has 0 unspecified atom stereocenters. The van der Waals surface area contributed by atoms with E-state index in [9.17, 15) is 0 Å². The maximum atomic E-state index is 9.03. The second kappa shape index (κ2) is 5.37. The van der Waals surface area contributed by atoms with Crippen LogP contribution in [0.4, 0.5) is 0 Å². The van der Waals surface area contributed by atoms with Gasteiger partial charge in [0.1, 0.15) is 5.75 Å². The Kier molecular flexibility index (Phi) is 4.41. The number of methoxy groups -OCH3 is 1. The van der Waals surface area contributed by atoms with Crippen molar-refractivity contribution in [3.05, 3.63) is 22.7 Å². The van der Waals surface area contributed by atoms with E-state index in [0.717, 1.165) is 0 Å². The van der Waals surface area contributed by atoms with Gasteiger partial charge in [-0.05, 0) is 30.1 Å². The molecule has 0 aliphatic heterocycles. The van der Waals surface area contributed by atoms with E-state index in [0.29, 0.717) is 21.8 Å². The van der Waals surface area contributed by atoms with E-state index < -0.39 is 7.12 Å². The van der Waals surface area contributed by atoms with Gasteiger partial charge in [-0.2, -0.15) is 0 Å². The summed E-state index contributed by atoms with van der Waals surface area (Å²) in [7, 11) is -0.0222. The molecule has 4 nitrogen and oxygen atoms in total. The van der Waals surface area contributed by atoms with E-state index in [1.807, 2.05) is 0 Å². The summed E-state index contributed by atoms with van der Waals surface area (Å²) in [5, 5.41) is 18.4. The molecule has 1 rings (SSSR count). The molecule has 0 saturated carbocycles. The number of hydrogen-bond acceptors (Lipinski definition) is 4. The Labute approximate surface area is 93.5 Å². The monoisotopic (exact) mass is 230 g/mol. The Balaban J connectivity index is 2.97. The van der Waals surface area contributed by atoms with Gasteiger partial charge in [-0.25, -0.2) is 0 Å². The molecular weight excluding hydrogens is 218 g/mol. The largest absolute Gasteiger partial charge is 0.488 e. The van der Waals surface area contributed by atoms with Crippen molar-refractivity contribution in [3.63, 3.8) is 0 Å². The molecule has 1 aromatic rings. The maximum absolute atomic E-state index is 9.03. The van der Waals surface area contributed by atoms with Gasteiger partial charge in [0.05, 0.1) is 5.02 Å². The molecule has 1 aromatic carbocycles. The van der Waals surface area contributed by atoms with Gasteiger partial charge in [0.25, 0.3) is 0 Å². The highest BCUT2D eigenvalue weighted by atomic mass is 35.5. The topological polar surface area (TPSA) is 58.9 Å². The highest BCUT2D eigenvalue weighted by molar-refractivity contribution is 6.59. The van der Waals surface area contributed by atoms with Crippen LogP contribution >= 0.6 is 11.6 Å². The molecule has 0 aliphatic carbocycles. The standard InChI is InChI=1S/C9H12BClO4/c1-6-3-9(15-5-14-2)8(11)4-7(6)10(12)13/h3-4,12-13H,5H2,1-2H3. The lowest BCUT2D eigenvalue weighted by atomic mass is 9.77. The van der Waals surface area contributed by atoms with Gasteiger partial charge in [-0.15, -0.1) is 0 Å². The summed E-state index contributed by atoms with van der Waals surface area (Å²) in [5.74, 6) is 0.459. The molecule has 0 amide bonds. The maximum Gasteiger partial charge on any atom is 0.488 e. The van der Waals surface area contributed by atoms with E-state index in [2.05, 4.69) is 0 Å². The van der Waals surface area contributed by atoms with Crippen LogP contribution in [0.5, 0.6) is 5.75 Å². The van der Waals surface area contributed by atoms with Crippen molar-refractivity contribution >= 4 is 24.2 Å². The molecule has 0 spiro atoms. The Hall–Kier alpha value is -0.745. The van der Waals surface area contributed by atoms with E-state index in [-0.39, 0.29) is 6.79 Å². The lowest BCUT2D eigenvalue weighted by Crippen LogP contribution is -2.32. The fourth-order valence-corrected chi connectivity index (χ4v) is 1.41. The molecule has 0 atom stereocenters. The van der Waals surface area contributed by atoms with Crippen molar-refractivity contribution in [2.24, 2.45) is 0 Å². The molecule has 0 saturated heterocycles. The number of hydrogen-bond donors (Lipinski definition) is 2. The van der Waals surface area contributed by atoms with Crippen LogP contribution in [0, 0.1) is 6.92 Å². The molecule has 0 fully saturated rings. The summed E-state index contributed by atoms with van der Waals surface area (Å²) in [6.07, 6.45) is 0. The Bertz CT molecular complexity index is 343.